The van der Waals surface area contributed by atoms with Gasteiger partial charge < -0.3 is 15.1 Å². The Kier molecular flexibility index (Phi) is 4.55. The molecular formula is C14H15N3O4. The van der Waals surface area contributed by atoms with Crippen molar-refractivity contribution in [2.75, 3.05) is 11.9 Å². The molecule has 7 heteroatoms. The zero-order chi connectivity index (χ0) is 15.2. The molecule has 0 radical (unpaired) electrons. The molecule has 2 rings (SSSR count). The highest BCUT2D eigenvalue weighted by atomic mass is 16.6. The van der Waals surface area contributed by atoms with E-state index in [-0.39, 0.29) is 17.2 Å². The molecule has 1 aromatic heterocycles. The normalized spacial score (nSPS) is 10.1. The van der Waals surface area contributed by atoms with Gasteiger partial charge in [0.05, 0.1) is 23.0 Å². The lowest BCUT2D eigenvalue weighted by molar-refractivity contribution is -0.384. The van der Waals surface area contributed by atoms with Crippen LogP contribution >= 0.6 is 0 Å². The topological polar surface area (TPSA) is 97.4 Å². The number of non-ortho nitro benzene ring substituents is 1. The van der Waals surface area contributed by atoms with Crippen LogP contribution in [0.1, 0.15) is 22.8 Å². The molecule has 1 aromatic carbocycles. The fourth-order valence-electron chi connectivity index (χ4n) is 1.85. The van der Waals surface area contributed by atoms with E-state index in [1.54, 1.807) is 6.07 Å². The first-order chi connectivity index (χ1) is 10.1. The predicted molar refractivity (Wildman–Crippen MR) is 77.1 cm³/mol. The van der Waals surface area contributed by atoms with Crippen molar-refractivity contribution < 1.29 is 14.1 Å². The first-order valence-corrected chi connectivity index (χ1v) is 6.43. The van der Waals surface area contributed by atoms with Gasteiger partial charge in [0, 0.05) is 36.5 Å². The third-order valence-corrected chi connectivity index (χ3v) is 2.86. The molecule has 110 valence electrons. The summed E-state index contributed by atoms with van der Waals surface area (Å²) in [6.45, 7) is 2.79. The fourth-order valence-corrected chi connectivity index (χ4v) is 1.85. The third-order valence-electron chi connectivity index (χ3n) is 2.86. The van der Waals surface area contributed by atoms with Crippen LogP contribution in [-0.2, 0) is 6.54 Å². The Balaban J connectivity index is 2.20. The number of anilines is 1. The van der Waals surface area contributed by atoms with Gasteiger partial charge in [-0.05, 0) is 19.1 Å². The van der Waals surface area contributed by atoms with Gasteiger partial charge in [-0.25, -0.2) is 0 Å². The molecule has 0 atom stereocenters. The quantitative estimate of drug-likeness (QED) is 0.629. The van der Waals surface area contributed by atoms with Crippen LogP contribution in [0, 0.1) is 10.1 Å². The summed E-state index contributed by atoms with van der Waals surface area (Å²) >= 11 is 0. The van der Waals surface area contributed by atoms with Gasteiger partial charge in [-0.3, -0.25) is 14.9 Å². The Morgan fingerprint density at radius 1 is 1.38 bits per heavy atom. The van der Waals surface area contributed by atoms with Gasteiger partial charge in [0.2, 0.25) is 0 Å². The molecule has 0 aliphatic heterocycles. The lowest BCUT2D eigenvalue weighted by Crippen LogP contribution is -2.24. The van der Waals surface area contributed by atoms with Crippen LogP contribution in [0.5, 0.6) is 0 Å². The average molecular weight is 289 g/mol. The monoisotopic (exact) mass is 289 g/mol. The molecule has 1 amide bonds. The van der Waals surface area contributed by atoms with E-state index in [1.165, 1.54) is 30.7 Å². The first kappa shape index (κ1) is 14.6. The number of amides is 1. The number of benzene rings is 1. The number of nitrogens with one attached hydrogen (secondary N) is 2. The maximum Gasteiger partial charge on any atom is 0.270 e. The van der Waals surface area contributed by atoms with Crippen molar-refractivity contribution in [3.05, 3.63) is 58.0 Å². The zero-order valence-corrected chi connectivity index (χ0v) is 11.5. The summed E-state index contributed by atoms with van der Waals surface area (Å²) in [5.74, 6) is -0.379. The van der Waals surface area contributed by atoms with Gasteiger partial charge in [0.1, 0.15) is 0 Å². The maximum absolute atomic E-state index is 12.2. The van der Waals surface area contributed by atoms with Gasteiger partial charge in [0.15, 0.2) is 0 Å². The molecule has 1 heterocycles. The summed E-state index contributed by atoms with van der Waals surface area (Å²) in [4.78, 5) is 22.5. The second kappa shape index (κ2) is 6.56. The largest absolute Gasteiger partial charge is 0.472 e. The minimum Gasteiger partial charge on any atom is -0.472 e. The summed E-state index contributed by atoms with van der Waals surface area (Å²) in [6.07, 6.45) is 3.04. The van der Waals surface area contributed by atoms with E-state index in [0.29, 0.717) is 18.8 Å². The Morgan fingerprint density at radius 3 is 2.81 bits per heavy atom. The van der Waals surface area contributed by atoms with Crippen molar-refractivity contribution in [3.63, 3.8) is 0 Å². The summed E-state index contributed by atoms with van der Waals surface area (Å²) in [6, 6.07) is 5.90. The SMILES string of the molecule is CCNc1ccc([N+](=O)[O-])cc1C(=O)NCc1ccoc1. The Hall–Kier alpha value is -2.83. The van der Waals surface area contributed by atoms with E-state index in [9.17, 15) is 14.9 Å². The van der Waals surface area contributed by atoms with E-state index >= 15 is 0 Å². The number of nitro benzene ring substituents is 1. The summed E-state index contributed by atoms with van der Waals surface area (Å²) in [7, 11) is 0. The summed E-state index contributed by atoms with van der Waals surface area (Å²) < 4.78 is 4.91. The van der Waals surface area contributed by atoms with E-state index in [0.717, 1.165) is 5.56 Å². The lowest BCUT2D eigenvalue weighted by Gasteiger charge is -2.10. The van der Waals surface area contributed by atoms with Gasteiger partial charge in [-0.1, -0.05) is 0 Å². The number of hydrogen-bond acceptors (Lipinski definition) is 5. The summed E-state index contributed by atoms with van der Waals surface area (Å²) in [5.41, 5.74) is 1.51. The smallest absolute Gasteiger partial charge is 0.270 e. The highest BCUT2D eigenvalue weighted by Gasteiger charge is 2.16. The molecule has 0 bridgehead atoms. The molecule has 2 aromatic rings. The molecule has 0 saturated heterocycles. The van der Waals surface area contributed by atoms with Gasteiger partial charge in [-0.15, -0.1) is 0 Å². The van der Waals surface area contributed by atoms with Gasteiger partial charge >= 0.3 is 0 Å². The van der Waals surface area contributed by atoms with Crippen LogP contribution < -0.4 is 10.6 Å². The third kappa shape index (κ3) is 3.59. The summed E-state index contributed by atoms with van der Waals surface area (Å²) in [5, 5.41) is 16.5. The number of furan rings is 1. The zero-order valence-electron chi connectivity index (χ0n) is 11.5. The van der Waals surface area contributed by atoms with Crippen molar-refractivity contribution in [1.82, 2.24) is 5.32 Å². The number of nitrogens with zero attached hydrogens (tertiary/aromatic N) is 1. The Labute approximate surface area is 121 Å². The van der Waals surface area contributed by atoms with Crippen LogP contribution in [0.4, 0.5) is 11.4 Å². The molecule has 0 aliphatic rings. The molecule has 0 aliphatic carbocycles. The maximum atomic E-state index is 12.2. The molecule has 2 N–H and O–H groups in total. The second-order valence-corrected chi connectivity index (χ2v) is 4.33. The Bertz CT molecular complexity index is 638. The molecular weight excluding hydrogens is 274 g/mol. The van der Waals surface area contributed by atoms with Crippen LogP contribution in [0.3, 0.4) is 0 Å². The average Bonchev–Trinajstić information content (AvgIpc) is 2.98. The molecule has 0 fully saturated rings. The number of hydrogen-bond donors (Lipinski definition) is 2. The van der Waals surface area contributed by atoms with Gasteiger partial charge in [-0.2, -0.15) is 0 Å². The van der Waals surface area contributed by atoms with Crippen molar-refractivity contribution in [2.45, 2.75) is 13.5 Å². The molecule has 0 saturated carbocycles. The van der Waals surface area contributed by atoms with Crippen LogP contribution in [0.15, 0.2) is 41.2 Å². The van der Waals surface area contributed by atoms with Crippen LogP contribution in [0.25, 0.3) is 0 Å². The van der Waals surface area contributed by atoms with E-state index < -0.39 is 4.92 Å². The van der Waals surface area contributed by atoms with Crippen molar-refractivity contribution in [2.24, 2.45) is 0 Å². The highest BCUT2D eigenvalue weighted by Crippen LogP contribution is 2.22. The van der Waals surface area contributed by atoms with E-state index in [2.05, 4.69) is 10.6 Å². The number of nitro groups is 1. The lowest BCUT2D eigenvalue weighted by atomic mass is 10.1. The van der Waals surface area contributed by atoms with Crippen molar-refractivity contribution in [1.29, 1.82) is 0 Å². The predicted octanol–water partition coefficient (Wildman–Crippen LogP) is 2.55. The van der Waals surface area contributed by atoms with E-state index in [4.69, 9.17) is 4.42 Å². The number of carbonyl (C=O) groups excluding carboxylic acids is 1. The number of rotatable bonds is 6. The minimum atomic E-state index is -0.525. The van der Waals surface area contributed by atoms with Crippen molar-refractivity contribution >= 4 is 17.3 Å². The van der Waals surface area contributed by atoms with Crippen LogP contribution in [0.2, 0.25) is 0 Å². The first-order valence-electron chi connectivity index (χ1n) is 6.43. The van der Waals surface area contributed by atoms with Gasteiger partial charge in [0.25, 0.3) is 11.6 Å². The molecule has 7 nitrogen and oxygen atoms in total. The highest BCUT2D eigenvalue weighted by molar-refractivity contribution is 6.00. The molecule has 21 heavy (non-hydrogen) atoms. The molecule has 0 spiro atoms. The second-order valence-electron chi connectivity index (χ2n) is 4.33. The van der Waals surface area contributed by atoms with E-state index in [1.807, 2.05) is 6.92 Å². The Morgan fingerprint density at radius 2 is 2.19 bits per heavy atom. The minimum absolute atomic E-state index is 0.120. The van der Waals surface area contributed by atoms with Crippen LogP contribution in [-0.4, -0.2) is 17.4 Å². The fraction of sp³-hybridized carbons (Fsp3) is 0.214. The molecule has 0 unspecified atom stereocenters. The number of carbonyl (C=O) groups is 1. The standard InChI is InChI=1S/C14H15N3O4/c1-2-15-13-4-3-11(17(19)20)7-12(13)14(18)16-8-10-5-6-21-9-10/h3-7,9,15H,2,8H2,1H3,(H,16,18). The van der Waals surface area contributed by atoms with Crippen molar-refractivity contribution in [3.8, 4) is 0 Å².